The van der Waals surface area contributed by atoms with E-state index in [1.54, 1.807) is 28.0 Å². The molecule has 0 N–H and O–H groups in total. The van der Waals surface area contributed by atoms with Crippen LogP contribution in [0.15, 0.2) is 34.2 Å². The SMILES string of the molecule is CCn1c(SCc2ccc([N+](=O)[O-])cc2)nc2sc(C)c(C)c2c1=O. The minimum absolute atomic E-state index is 0.000509. The van der Waals surface area contributed by atoms with Gasteiger partial charge in [0.05, 0.1) is 10.3 Å². The molecule has 0 aliphatic rings. The Kier molecular flexibility index (Phi) is 4.91. The summed E-state index contributed by atoms with van der Waals surface area (Å²) in [4.78, 5) is 29.7. The number of nitrogens with zero attached hydrogens (tertiary/aromatic N) is 3. The molecule has 130 valence electrons. The Balaban J connectivity index is 1.93. The molecule has 6 nitrogen and oxygen atoms in total. The van der Waals surface area contributed by atoms with Crippen LogP contribution in [-0.2, 0) is 12.3 Å². The highest BCUT2D eigenvalue weighted by Crippen LogP contribution is 2.29. The van der Waals surface area contributed by atoms with Gasteiger partial charge in [-0.05, 0) is 31.9 Å². The van der Waals surface area contributed by atoms with E-state index in [-0.39, 0.29) is 11.2 Å². The molecule has 0 spiro atoms. The first-order chi connectivity index (χ1) is 11.9. The van der Waals surface area contributed by atoms with Crippen molar-refractivity contribution in [2.75, 3.05) is 0 Å². The summed E-state index contributed by atoms with van der Waals surface area (Å²) in [6, 6.07) is 6.45. The van der Waals surface area contributed by atoms with Crippen molar-refractivity contribution in [3.8, 4) is 0 Å². The zero-order chi connectivity index (χ0) is 18.1. The van der Waals surface area contributed by atoms with Gasteiger partial charge in [0, 0.05) is 29.3 Å². The minimum Gasteiger partial charge on any atom is -0.287 e. The van der Waals surface area contributed by atoms with Crippen LogP contribution in [-0.4, -0.2) is 14.5 Å². The van der Waals surface area contributed by atoms with Gasteiger partial charge in [-0.25, -0.2) is 4.98 Å². The molecule has 0 atom stereocenters. The van der Waals surface area contributed by atoms with Crippen molar-refractivity contribution in [2.24, 2.45) is 0 Å². The van der Waals surface area contributed by atoms with Crippen LogP contribution in [0.25, 0.3) is 10.2 Å². The van der Waals surface area contributed by atoms with Gasteiger partial charge >= 0.3 is 0 Å². The van der Waals surface area contributed by atoms with E-state index in [1.165, 1.54) is 23.9 Å². The van der Waals surface area contributed by atoms with Gasteiger partial charge in [0.25, 0.3) is 11.2 Å². The number of nitro groups is 1. The van der Waals surface area contributed by atoms with Crippen LogP contribution < -0.4 is 5.56 Å². The molecule has 0 saturated carbocycles. The molecular formula is C17H17N3O3S2. The number of aromatic nitrogens is 2. The summed E-state index contributed by atoms with van der Waals surface area (Å²) in [6.45, 7) is 6.44. The Morgan fingerprint density at radius 2 is 1.96 bits per heavy atom. The molecule has 25 heavy (non-hydrogen) atoms. The van der Waals surface area contributed by atoms with E-state index in [0.717, 1.165) is 20.8 Å². The zero-order valence-electron chi connectivity index (χ0n) is 14.1. The van der Waals surface area contributed by atoms with Gasteiger partial charge in [0.15, 0.2) is 5.16 Å². The Morgan fingerprint density at radius 3 is 2.56 bits per heavy atom. The average molecular weight is 375 g/mol. The first kappa shape index (κ1) is 17.6. The Morgan fingerprint density at radius 1 is 1.28 bits per heavy atom. The second-order valence-corrected chi connectivity index (χ2v) is 7.77. The van der Waals surface area contributed by atoms with E-state index in [1.807, 2.05) is 20.8 Å². The van der Waals surface area contributed by atoms with Gasteiger partial charge < -0.3 is 0 Å². The average Bonchev–Trinajstić information content (AvgIpc) is 2.88. The van der Waals surface area contributed by atoms with E-state index < -0.39 is 4.92 Å². The molecule has 0 fully saturated rings. The van der Waals surface area contributed by atoms with Crippen LogP contribution in [0.3, 0.4) is 0 Å². The number of thiophene rings is 1. The molecule has 0 unspecified atom stereocenters. The lowest BCUT2D eigenvalue weighted by atomic mass is 10.2. The molecule has 8 heteroatoms. The van der Waals surface area contributed by atoms with Crippen molar-refractivity contribution in [3.63, 3.8) is 0 Å². The van der Waals surface area contributed by atoms with Gasteiger partial charge in [0.2, 0.25) is 0 Å². The number of thioether (sulfide) groups is 1. The molecule has 0 saturated heterocycles. The molecule has 2 aromatic heterocycles. The quantitative estimate of drug-likeness (QED) is 0.288. The summed E-state index contributed by atoms with van der Waals surface area (Å²) in [7, 11) is 0. The number of nitro benzene ring substituents is 1. The maximum absolute atomic E-state index is 12.8. The zero-order valence-corrected chi connectivity index (χ0v) is 15.7. The van der Waals surface area contributed by atoms with Gasteiger partial charge in [-0.3, -0.25) is 19.5 Å². The normalized spacial score (nSPS) is 11.2. The third-order valence-corrected chi connectivity index (χ3v) is 6.23. The van der Waals surface area contributed by atoms with Gasteiger partial charge in [-0.2, -0.15) is 0 Å². The molecule has 0 aliphatic carbocycles. The second-order valence-electron chi connectivity index (χ2n) is 5.62. The van der Waals surface area contributed by atoms with Gasteiger partial charge in [0.1, 0.15) is 4.83 Å². The Labute approximate surface area is 152 Å². The number of benzene rings is 1. The summed E-state index contributed by atoms with van der Waals surface area (Å²) >= 11 is 3.01. The largest absolute Gasteiger partial charge is 0.287 e. The number of hydrogen-bond donors (Lipinski definition) is 0. The summed E-state index contributed by atoms with van der Waals surface area (Å²) < 4.78 is 1.69. The van der Waals surface area contributed by atoms with Gasteiger partial charge in [-0.15, -0.1) is 11.3 Å². The summed E-state index contributed by atoms with van der Waals surface area (Å²) in [5.41, 5.74) is 2.03. The van der Waals surface area contributed by atoms with Crippen LogP contribution in [0, 0.1) is 24.0 Å². The van der Waals surface area contributed by atoms with Crippen LogP contribution in [0.1, 0.15) is 22.9 Å². The monoisotopic (exact) mass is 375 g/mol. The number of rotatable bonds is 5. The molecule has 0 bridgehead atoms. The fraction of sp³-hybridized carbons (Fsp3) is 0.294. The van der Waals surface area contributed by atoms with E-state index in [0.29, 0.717) is 22.8 Å². The molecule has 2 heterocycles. The maximum Gasteiger partial charge on any atom is 0.269 e. The van der Waals surface area contributed by atoms with Crippen LogP contribution in [0.2, 0.25) is 0 Å². The molecular weight excluding hydrogens is 358 g/mol. The van der Waals surface area contributed by atoms with Crippen molar-refractivity contribution < 1.29 is 4.92 Å². The second kappa shape index (κ2) is 6.97. The highest BCUT2D eigenvalue weighted by atomic mass is 32.2. The molecule has 0 aliphatic heterocycles. The van der Waals surface area contributed by atoms with Crippen molar-refractivity contribution in [3.05, 3.63) is 60.7 Å². The van der Waals surface area contributed by atoms with E-state index in [9.17, 15) is 14.9 Å². The van der Waals surface area contributed by atoms with Gasteiger partial charge in [-0.1, -0.05) is 23.9 Å². The molecule has 3 aromatic rings. The molecule has 1 aromatic carbocycles. The van der Waals surface area contributed by atoms with E-state index >= 15 is 0 Å². The first-order valence-corrected chi connectivity index (χ1v) is 9.59. The minimum atomic E-state index is -0.414. The maximum atomic E-state index is 12.8. The van der Waals surface area contributed by atoms with Crippen molar-refractivity contribution >= 4 is 39.0 Å². The predicted octanol–water partition coefficient (Wildman–Crippen LogP) is 4.30. The fourth-order valence-corrected chi connectivity index (χ4v) is 4.65. The molecule has 3 rings (SSSR count). The van der Waals surface area contributed by atoms with Crippen LogP contribution >= 0.6 is 23.1 Å². The van der Waals surface area contributed by atoms with Crippen LogP contribution in [0.4, 0.5) is 5.69 Å². The van der Waals surface area contributed by atoms with E-state index in [2.05, 4.69) is 4.98 Å². The summed E-state index contributed by atoms with van der Waals surface area (Å²) in [6.07, 6.45) is 0. The van der Waals surface area contributed by atoms with Crippen molar-refractivity contribution in [1.82, 2.24) is 9.55 Å². The number of hydrogen-bond acceptors (Lipinski definition) is 6. The number of fused-ring (bicyclic) bond motifs is 1. The molecule has 0 amide bonds. The standard InChI is InChI=1S/C17H17N3O3S2/c1-4-19-16(21)14-10(2)11(3)25-15(14)18-17(19)24-9-12-5-7-13(8-6-12)20(22)23/h5-8H,4,9H2,1-3H3. The highest BCUT2D eigenvalue weighted by Gasteiger charge is 2.16. The summed E-state index contributed by atoms with van der Waals surface area (Å²) in [5, 5.41) is 12.1. The number of aryl methyl sites for hydroxylation is 2. The smallest absolute Gasteiger partial charge is 0.269 e. The third-order valence-electron chi connectivity index (χ3n) is 4.09. The lowest BCUT2D eigenvalue weighted by Gasteiger charge is -2.10. The predicted molar refractivity (Wildman–Crippen MR) is 102 cm³/mol. The number of non-ortho nitro benzene ring substituents is 1. The first-order valence-electron chi connectivity index (χ1n) is 7.79. The summed E-state index contributed by atoms with van der Waals surface area (Å²) in [5.74, 6) is 0.597. The highest BCUT2D eigenvalue weighted by molar-refractivity contribution is 7.98. The van der Waals surface area contributed by atoms with Crippen molar-refractivity contribution in [2.45, 2.75) is 38.2 Å². The third kappa shape index (κ3) is 3.32. The molecule has 0 radical (unpaired) electrons. The lowest BCUT2D eigenvalue weighted by Crippen LogP contribution is -2.22. The topological polar surface area (TPSA) is 78.0 Å². The fourth-order valence-electron chi connectivity index (χ4n) is 2.56. The van der Waals surface area contributed by atoms with Crippen LogP contribution in [0.5, 0.6) is 0 Å². The van der Waals surface area contributed by atoms with E-state index in [4.69, 9.17) is 0 Å². The Hall–Kier alpha value is -2.19. The lowest BCUT2D eigenvalue weighted by molar-refractivity contribution is -0.384. The Bertz CT molecular complexity index is 1010. The van der Waals surface area contributed by atoms with Crippen molar-refractivity contribution in [1.29, 1.82) is 0 Å².